The molecule has 0 bridgehead atoms. The van der Waals surface area contributed by atoms with Crippen LogP contribution in [0.25, 0.3) is 0 Å². The predicted octanol–water partition coefficient (Wildman–Crippen LogP) is 1.91. The van der Waals surface area contributed by atoms with Crippen molar-refractivity contribution in [3.63, 3.8) is 0 Å². The standard InChI is InChI=1S/C12H15ClN2O3/c1-15(9-2-3-9)4-5-18-11-7-8(12(16)17)6-10(13)14-11/h6-7,9H,2-5H2,1H3,(H,16,17). The molecule has 6 heteroatoms. The molecule has 1 fully saturated rings. The Kier molecular flexibility index (Phi) is 4.04. The Bertz CT molecular complexity index is 449. The first kappa shape index (κ1) is 13.1. The van der Waals surface area contributed by atoms with E-state index in [0.29, 0.717) is 12.6 Å². The van der Waals surface area contributed by atoms with E-state index in [4.69, 9.17) is 21.4 Å². The molecule has 0 spiro atoms. The zero-order valence-electron chi connectivity index (χ0n) is 10.1. The minimum absolute atomic E-state index is 0.0838. The average Bonchev–Trinajstić information content (AvgIpc) is 3.11. The molecule has 1 aromatic heterocycles. The van der Waals surface area contributed by atoms with E-state index in [-0.39, 0.29) is 16.6 Å². The number of carboxylic acid groups (broad SMARTS) is 1. The fraction of sp³-hybridized carbons (Fsp3) is 0.500. The maximum Gasteiger partial charge on any atom is 0.335 e. The van der Waals surface area contributed by atoms with Crippen molar-refractivity contribution in [1.29, 1.82) is 0 Å². The summed E-state index contributed by atoms with van der Waals surface area (Å²) < 4.78 is 5.43. The number of hydrogen-bond acceptors (Lipinski definition) is 4. The van der Waals surface area contributed by atoms with Crippen LogP contribution in [0.15, 0.2) is 12.1 Å². The Morgan fingerprint density at radius 1 is 1.61 bits per heavy atom. The van der Waals surface area contributed by atoms with E-state index >= 15 is 0 Å². The highest BCUT2D eigenvalue weighted by atomic mass is 35.5. The Morgan fingerprint density at radius 3 is 2.94 bits per heavy atom. The van der Waals surface area contributed by atoms with E-state index in [9.17, 15) is 4.79 Å². The number of aromatic nitrogens is 1. The Balaban J connectivity index is 1.89. The molecular weight excluding hydrogens is 256 g/mol. The predicted molar refractivity (Wildman–Crippen MR) is 67.4 cm³/mol. The van der Waals surface area contributed by atoms with Crippen molar-refractivity contribution in [1.82, 2.24) is 9.88 Å². The number of carboxylic acids is 1. The van der Waals surface area contributed by atoms with E-state index in [0.717, 1.165) is 6.54 Å². The second kappa shape index (κ2) is 5.54. The van der Waals surface area contributed by atoms with Crippen LogP contribution in [0.5, 0.6) is 5.88 Å². The lowest BCUT2D eigenvalue weighted by atomic mass is 10.3. The van der Waals surface area contributed by atoms with Crippen LogP contribution in [0.3, 0.4) is 0 Å². The number of carbonyl (C=O) groups is 1. The largest absolute Gasteiger partial charge is 0.478 e. The Morgan fingerprint density at radius 2 is 2.33 bits per heavy atom. The summed E-state index contributed by atoms with van der Waals surface area (Å²) in [6, 6.07) is 3.36. The molecule has 1 aliphatic rings. The van der Waals surface area contributed by atoms with Crippen molar-refractivity contribution in [2.45, 2.75) is 18.9 Å². The number of pyridine rings is 1. The minimum atomic E-state index is -1.04. The molecule has 98 valence electrons. The monoisotopic (exact) mass is 270 g/mol. The van der Waals surface area contributed by atoms with Gasteiger partial charge in [-0.2, -0.15) is 0 Å². The highest BCUT2D eigenvalue weighted by molar-refractivity contribution is 6.29. The number of rotatable bonds is 6. The van der Waals surface area contributed by atoms with Crippen molar-refractivity contribution in [3.05, 3.63) is 22.8 Å². The van der Waals surface area contributed by atoms with E-state index < -0.39 is 5.97 Å². The second-order valence-electron chi connectivity index (χ2n) is 4.38. The van der Waals surface area contributed by atoms with Gasteiger partial charge in [-0.15, -0.1) is 0 Å². The summed E-state index contributed by atoms with van der Waals surface area (Å²) in [5, 5.41) is 9.00. The number of nitrogens with zero attached hydrogens (tertiary/aromatic N) is 2. The zero-order chi connectivity index (χ0) is 13.1. The lowest BCUT2D eigenvalue weighted by Crippen LogP contribution is -2.26. The molecule has 0 saturated heterocycles. The number of aromatic carboxylic acids is 1. The minimum Gasteiger partial charge on any atom is -0.478 e. The van der Waals surface area contributed by atoms with Crippen molar-refractivity contribution in [3.8, 4) is 5.88 Å². The summed E-state index contributed by atoms with van der Waals surface area (Å²) in [5.41, 5.74) is 0.0838. The lowest BCUT2D eigenvalue weighted by molar-refractivity contribution is 0.0696. The van der Waals surface area contributed by atoms with E-state index in [1.165, 1.54) is 25.0 Å². The third-order valence-electron chi connectivity index (χ3n) is 2.88. The van der Waals surface area contributed by atoms with Crippen LogP contribution in [0.2, 0.25) is 5.15 Å². The smallest absolute Gasteiger partial charge is 0.335 e. The second-order valence-corrected chi connectivity index (χ2v) is 4.77. The molecule has 1 aliphatic carbocycles. The third kappa shape index (κ3) is 3.58. The molecule has 1 heterocycles. The van der Waals surface area contributed by atoms with Gasteiger partial charge in [0.05, 0.1) is 5.56 Å². The van der Waals surface area contributed by atoms with Gasteiger partial charge in [-0.1, -0.05) is 11.6 Å². The molecule has 1 saturated carbocycles. The Hall–Kier alpha value is -1.33. The zero-order valence-corrected chi connectivity index (χ0v) is 10.9. The van der Waals surface area contributed by atoms with Crippen LogP contribution in [0.4, 0.5) is 0 Å². The summed E-state index contributed by atoms with van der Waals surface area (Å²) in [7, 11) is 2.05. The van der Waals surface area contributed by atoms with Crippen molar-refractivity contribution in [2.75, 3.05) is 20.2 Å². The molecule has 0 unspecified atom stereocenters. The fourth-order valence-corrected chi connectivity index (χ4v) is 1.86. The topological polar surface area (TPSA) is 62.7 Å². The molecule has 1 aromatic rings. The SMILES string of the molecule is CN(CCOc1cc(C(=O)O)cc(Cl)n1)C1CC1. The Labute approximate surface area is 110 Å². The molecule has 2 rings (SSSR count). The van der Waals surface area contributed by atoms with Gasteiger partial charge in [0.2, 0.25) is 5.88 Å². The molecule has 0 radical (unpaired) electrons. The first-order valence-corrected chi connectivity index (χ1v) is 6.18. The van der Waals surface area contributed by atoms with E-state index in [1.807, 2.05) is 0 Å². The van der Waals surface area contributed by atoms with Crippen LogP contribution < -0.4 is 4.74 Å². The maximum absolute atomic E-state index is 10.8. The van der Waals surface area contributed by atoms with Gasteiger partial charge in [-0.05, 0) is 26.0 Å². The van der Waals surface area contributed by atoms with Crippen LogP contribution in [0, 0.1) is 0 Å². The summed E-state index contributed by atoms with van der Waals surface area (Å²) in [6.45, 7) is 1.26. The summed E-state index contributed by atoms with van der Waals surface area (Å²) in [4.78, 5) is 17.0. The van der Waals surface area contributed by atoms with Crippen LogP contribution in [0.1, 0.15) is 23.2 Å². The normalized spacial score (nSPS) is 14.8. The first-order valence-electron chi connectivity index (χ1n) is 5.80. The van der Waals surface area contributed by atoms with Crippen molar-refractivity contribution in [2.24, 2.45) is 0 Å². The first-order chi connectivity index (χ1) is 8.56. The average molecular weight is 271 g/mol. The van der Waals surface area contributed by atoms with Crippen LogP contribution in [-0.2, 0) is 0 Å². The maximum atomic E-state index is 10.8. The van der Waals surface area contributed by atoms with Gasteiger partial charge < -0.3 is 14.7 Å². The van der Waals surface area contributed by atoms with Gasteiger partial charge in [0.1, 0.15) is 11.8 Å². The number of likely N-dealkylation sites (N-methyl/N-ethyl adjacent to an activating group) is 1. The molecule has 0 amide bonds. The summed E-state index contributed by atoms with van der Waals surface area (Å²) in [6.07, 6.45) is 2.49. The van der Waals surface area contributed by atoms with Gasteiger partial charge in [-0.3, -0.25) is 0 Å². The molecule has 0 aliphatic heterocycles. The molecule has 1 N–H and O–H groups in total. The molecule has 0 aromatic carbocycles. The summed E-state index contributed by atoms with van der Waals surface area (Å²) in [5.74, 6) is -0.789. The van der Waals surface area contributed by atoms with Crippen molar-refractivity contribution >= 4 is 17.6 Å². The fourth-order valence-electron chi connectivity index (χ4n) is 1.66. The van der Waals surface area contributed by atoms with E-state index in [2.05, 4.69) is 16.9 Å². The highest BCUT2D eigenvalue weighted by Crippen LogP contribution is 2.25. The van der Waals surface area contributed by atoms with Crippen LogP contribution in [-0.4, -0.2) is 47.2 Å². The number of halogens is 1. The summed E-state index contributed by atoms with van der Waals surface area (Å²) >= 11 is 5.73. The van der Waals surface area contributed by atoms with Crippen LogP contribution >= 0.6 is 11.6 Å². The number of ether oxygens (including phenoxy) is 1. The molecular formula is C12H15ClN2O3. The molecule has 0 atom stereocenters. The van der Waals surface area contributed by atoms with Gasteiger partial charge in [0, 0.05) is 18.7 Å². The lowest BCUT2D eigenvalue weighted by Gasteiger charge is -2.15. The number of hydrogen-bond donors (Lipinski definition) is 1. The van der Waals surface area contributed by atoms with Gasteiger partial charge in [0.15, 0.2) is 0 Å². The van der Waals surface area contributed by atoms with Crippen molar-refractivity contribution < 1.29 is 14.6 Å². The molecule has 18 heavy (non-hydrogen) atoms. The highest BCUT2D eigenvalue weighted by Gasteiger charge is 2.25. The molecule has 5 nitrogen and oxygen atoms in total. The van der Waals surface area contributed by atoms with E-state index in [1.54, 1.807) is 0 Å². The quantitative estimate of drug-likeness (QED) is 0.800. The van der Waals surface area contributed by atoms with Gasteiger partial charge in [0.25, 0.3) is 0 Å². The third-order valence-corrected chi connectivity index (χ3v) is 3.08. The van der Waals surface area contributed by atoms with Gasteiger partial charge in [-0.25, -0.2) is 9.78 Å². The van der Waals surface area contributed by atoms with Gasteiger partial charge >= 0.3 is 5.97 Å².